The van der Waals surface area contributed by atoms with Crippen LogP contribution in [0.2, 0.25) is 0 Å². The molecule has 7 heteroatoms. The van der Waals surface area contributed by atoms with Gasteiger partial charge in [0.25, 0.3) is 5.91 Å². The average Bonchev–Trinajstić information content (AvgIpc) is 3.39. The fourth-order valence-corrected chi connectivity index (χ4v) is 5.09. The lowest BCUT2D eigenvalue weighted by atomic mass is 10.0. The summed E-state index contributed by atoms with van der Waals surface area (Å²) < 4.78 is 11.5. The molecule has 3 aromatic rings. The van der Waals surface area contributed by atoms with E-state index >= 15 is 0 Å². The number of rotatable bonds is 4. The normalized spacial score (nSPS) is 23.0. The second-order valence-corrected chi connectivity index (χ2v) is 8.88. The topological polar surface area (TPSA) is 66.9 Å². The molecule has 170 valence electrons. The maximum absolute atomic E-state index is 13.7. The van der Waals surface area contributed by atoms with Gasteiger partial charge in [-0.05, 0) is 37.1 Å². The molecule has 33 heavy (non-hydrogen) atoms. The minimum atomic E-state index is -0.327. The van der Waals surface area contributed by atoms with E-state index < -0.39 is 0 Å². The summed E-state index contributed by atoms with van der Waals surface area (Å²) in [7, 11) is 0. The van der Waals surface area contributed by atoms with Crippen LogP contribution in [0.4, 0.5) is 11.5 Å². The van der Waals surface area contributed by atoms with Gasteiger partial charge in [0.1, 0.15) is 12.0 Å². The van der Waals surface area contributed by atoms with E-state index in [9.17, 15) is 4.79 Å². The minimum absolute atomic E-state index is 0.0333. The first kappa shape index (κ1) is 20.4. The lowest BCUT2D eigenvalue weighted by Gasteiger charge is -2.41. The number of nitrogens with zero attached hydrogens (tertiary/aromatic N) is 3. The van der Waals surface area contributed by atoms with Crippen molar-refractivity contribution in [2.75, 3.05) is 49.7 Å². The lowest BCUT2D eigenvalue weighted by molar-refractivity contribution is 0.0427. The van der Waals surface area contributed by atoms with Crippen LogP contribution in [0.25, 0.3) is 10.9 Å². The highest BCUT2D eigenvalue weighted by atomic mass is 16.5. The number of benzene rings is 2. The summed E-state index contributed by atoms with van der Waals surface area (Å²) in [5, 5.41) is 4.73. The van der Waals surface area contributed by atoms with Crippen molar-refractivity contribution in [3.05, 3.63) is 65.7 Å². The van der Waals surface area contributed by atoms with Gasteiger partial charge in [0, 0.05) is 42.9 Å². The van der Waals surface area contributed by atoms with Crippen molar-refractivity contribution < 1.29 is 14.3 Å². The van der Waals surface area contributed by atoms with Gasteiger partial charge in [0.15, 0.2) is 0 Å². The van der Waals surface area contributed by atoms with E-state index in [1.165, 1.54) is 0 Å². The molecule has 3 aliphatic rings. The molecule has 1 aromatic heterocycles. The SMILES string of the molecule is O=C1c2ccccc2NC(c2cc3ccccc3nc2N2CCOCC2)N1CC1CCCO1. The number of anilines is 2. The standard InChI is InChI=1S/C26H28N4O3/c31-26-20-8-2-4-10-23(20)28-25(30(26)17-19-7-5-13-33-19)21-16-18-6-1-3-9-22(18)27-24(21)29-11-14-32-15-12-29/h1-4,6,8-10,16,19,25,28H,5,7,11-15,17H2. The number of carbonyl (C=O) groups excluding carboxylic acids is 1. The largest absolute Gasteiger partial charge is 0.378 e. The summed E-state index contributed by atoms with van der Waals surface area (Å²) in [5.41, 5.74) is 3.53. The Morgan fingerprint density at radius 1 is 1.03 bits per heavy atom. The number of hydrogen-bond acceptors (Lipinski definition) is 6. The molecular formula is C26H28N4O3. The predicted molar refractivity (Wildman–Crippen MR) is 128 cm³/mol. The van der Waals surface area contributed by atoms with E-state index in [-0.39, 0.29) is 18.2 Å². The summed E-state index contributed by atoms with van der Waals surface area (Å²) in [6.07, 6.45) is 1.75. The third-order valence-corrected chi connectivity index (χ3v) is 6.78. The van der Waals surface area contributed by atoms with Crippen LogP contribution in [0.3, 0.4) is 0 Å². The molecule has 1 N–H and O–H groups in total. The maximum Gasteiger partial charge on any atom is 0.257 e. The number of aromatic nitrogens is 1. The van der Waals surface area contributed by atoms with Gasteiger partial charge in [0.2, 0.25) is 0 Å². The van der Waals surface area contributed by atoms with E-state index in [2.05, 4.69) is 22.3 Å². The molecule has 0 saturated carbocycles. The Morgan fingerprint density at radius 3 is 2.70 bits per heavy atom. The zero-order chi connectivity index (χ0) is 22.2. The van der Waals surface area contributed by atoms with Gasteiger partial charge in [-0.3, -0.25) is 4.79 Å². The molecule has 2 unspecified atom stereocenters. The summed E-state index contributed by atoms with van der Waals surface area (Å²) in [6.45, 7) is 4.22. The van der Waals surface area contributed by atoms with Gasteiger partial charge in [-0.15, -0.1) is 0 Å². The number of amides is 1. The van der Waals surface area contributed by atoms with Crippen LogP contribution >= 0.6 is 0 Å². The van der Waals surface area contributed by atoms with Crippen LogP contribution in [0.1, 0.15) is 34.9 Å². The summed E-state index contributed by atoms with van der Waals surface area (Å²) >= 11 is 0. The Balaban J connectivity index is 1.48. The average molecular weight is 445 g/mol. The number of hydrogen-bond donors (Lipinski definition) is 1. The molecular weight excluding hydrogens is 416 g/mol. The Labute approximate surface area is 193 Å². The first-order valence-corrected chi connectivity index (χ1v) is 11.8. The van der Waals surface area contributed by atoms with Crippen molar-refractivity contribution >= 4 is 28.3 Å². The van der Waals surface area contributed by atoms with Crippen LogP contribution in [-0.2, 0) is 9.47 Å². The number of morpholine rings is 1. The first-order chi connectivity index (χ1) is 16.3. The van der Waals surface area contributed by atoms with Crippen molar-refractivity contribution in [3.63, 3.8) is 0 Å². The molecule has 0 aliphatic carbocycles. The minimum Gasteiger partial charge on any atom is -0.378 e. The van der Waals surface area contributed by atoms with Gasteiger partial charge in [0.05, 0.1) is 30.4 Å². The number of ether oxygens (including phenoxy) is 2. The highest BCUT2D eigenvalue weighted by Gasteiger charge is 2.37. The molecule has 6 rings (SSSR count). The smallest absolute Gasteiger partial charge is 0.257 e. The molecule has 2 fully saturated rings. The molecule has 0 bridgehead atoms. The van der Waals surface area contributed by atoms with E-state index in [1.54, 1.807) is 0 Å². The van der Waals surface area contributed by atoms with Gasteiger partial charge < -0.3 is 24.6 Å². The second-order valence-electron chi connectivity index (χ2n) is 8.88. The van der Waals surface area contributed by atoms with Crippen molar-refractivity contribution in [1.29, 1.82) is 0 Å². The molecule has 4 heterocycles. The Hall–Kier alpha value is -3.16. The number of nitrogens with one attached hydrogen (secondary N) is 1. The van der Waals surface area contributed by atoms with E-state index in [1.807, 2.05) is 47.4 Å². The van der Waals surface area contributed by atoms with Gasteiger partial charge >= 0.3 is 0 Å². The highest BCUT2D eigenvalue weighted by Crippen LogP contribution is 2.38. The molecule has 3 aliphatic heterocycles. The maximum atomic E-state index is 13.7. The van der Waals surface area contributed by atoms with E-state index in [0.717, 1.165) is 60.5 Å². The summed E-state index contributed by atoms with van der Waals surface area (Å²) in [6, 6.07) is 18.1. The number of pyridine rings is 1. The van der Waals surface area contributed by atoms with Crippen LogP contribution in [0.5, 0.6) is 0 Å². The predicted octanol–water partition coefficient (Wildman–Crippen LogP) is 3.82. The third-order valence-electron chi connectivity index (χ3n) is 6.78. The molecule has 7 nitrogen and oxygen atoms in total. The molecule has 1 amide bonds. The monoisotopic (exact) mass is 444 g/mol. The Kier molecular flexibility index (Phi) is 5.36. The molecule has 2 aromatic carbocycles. The lowest BCUT2D eigenvalue weighted by Crippen LogP contribution is -2.47. The Morgan fingerprint density at radius 2 is 1.85 bits per heavy atom. The van der Waals surface area contributed by atoms with Crippen LogP contribution in [0, 0.1) is 0 Å². The molecule has 0 spiro atoms. The quantitative estimate of drug-likeness (QED) is 0.660. The fourth-order valence-electron chi connectivity index (χ4n) is 5.09. The van der Waals surface area contributed by atoms with Crippen molar-refractivity contribution in [2.45, 2.75) is 25.1 Å². The van der Waals surface area contributed by atoms with Gasteiger partial charge in [-0.1, -0.05) is 30.3 Å². The first-order valence-electron chi connectivity index (χ1n) is 11.8. The fraction of sp³-hybridized carbons (Fsp3) is 0.385. The molecule has 2 saturated heterocycles. The van der Waals surface area contributed by atoms with E-state index in [4.69, 9.17) is 14.5 Å². The van der Waals surface area contributed by atoms with Crippen molar-refractivity contribution in [3.8, 4) is 0 Å². The van der Waals surface area contributed by atoms with Gasteiger partial charge in [-0.25, -0.2) is 4.98 Å². The number of para-hydroxylation sites is 2. The molecule has 2 atom stereocenters. The second kappa shape index (κ2) is 8.65. The van der Waals surface area contributed by atoms with Crippen LogP contribution in [-0.4, -0.2) is 61.3 Å². The van der Waals surface area contributed by atoms with Crippen molar-refractivity contribution in [1.82, 2.24) is 9.88 Å². The number of fused-ring (bicyclic) bond motifs is 2. The third kappa shape index (κ3) is 3.81. The highest BCUT2D eigenvalue weighted by molar-refractivity contribution is 6.02. The number of carbonyl (C=O) groups is 1. The summed E-state index contributed by atoms with van der Waals surface area (Å²) in [5.74, 6) is 0.949. The van der Waals surface area contributed by atoms with Gasteiger partial charge in [-0.2, -0.15) is 0 Å². The van der Waals surface area contributed by atoms with Crippen LogP contribution < -0.4 is 10.2 Å². The van der Waals surface area contributed by atoms with Crippen molar-refractivity contribution in [2.24, 2.45) is 0 Å². The van der Waals surface area contributed by atoms with E-state index in [0.29, 0.717) is 25.3 Å². The Bertz CT molecular complexity index is 1170. The zero-order valence-electron chi connectivity index (χ0n) is 18.6. The zero-order valence-corrected chi connectivity index (χ0v) is 18.6. The van der Waals surface area contributed by atoms with Crippen LogP contribution in [0.15, 0.2) is 54.6 Å². The summed E-state index contributed by atoms with van der Waals surface area (Å²) in [4.78, 5) is 23.0. The molecule has 0 radical (unpaired) electrons.